The molecule has 2 rings (SSSR count). The fourth-order valence-electron chi connectivity index (χ4n) is 1.67. The molecule has 0 aromatic heterocycles. The highest BCUT2D eigenvalue weighted by molar-refractivity contribution is 6.30. The van der Waals surface area contributed by atoms with E-state index in [9.17, 15) is 14.0 Å². The second-order valence-corrected chi connectivity index (χ2v) is 4.87. The number of hydrogen-bond donors (Lipinski definition) is 1. The number of rotatable bonds is 4. The van der Waals surface area contributed by atoms with Gasteiger partial charge in [-0.3, -0.25) is 4.79 Å². The van der Waals surface area contributed by atoms with Crippen molar-refractivity contribution in [3.8, 4) is 6.07 Å². The Morgan fingerprint density at radius 3 is 2.52 bits per heavy atom. The molecular weight excluding hydrogens is 323 g/mol. The van der Waals surface area contributed by atoms with Gasteiger partial charge in [0.1, 0.15) is 5.82 Å². The quantitative estimate of drug-likeness (QED) is 0.872. The van der Waals surface area contributed by atoms with Gasteiger partial charge in [-0.25, -0.2) is 9.18 Å². The number of nitrogens with one attached hydrogen (secondary N) is 1. The summed E-state index contributed by atoms with van der Waals surface area (Å²) in [5.74, 6) is -2.10. The van der Waals surface area contributed by atoms with Gasteiger partial charge in [-0.2, -0.15) is 5.26 Å². The second kappa shape index (κ2) is 7.38. The minimum atomic E-state index is -0.721. The average molecular weight is 333 g/mol. The summed E-state index contributed by atoms with van der Waals surface area (Å²) in [6.45, 7) is -0.569. The lowest BCUT2D eigenvalue weighted by Crippen LogP contribution is -2.21. The molecule has 0 heterocycles. The maximum absolute atomic E-state index is 13.5. The fraction of sp³-hybridized carbons (Fsp3) is 0.0625. The van der Waals surface area contributed by atoms with E-state index >= 15 is 0 Å². The van der Waals surface area contributed by atoms with Crippen LogP contribution in [0.15, 0.2) is 42.5 Å². The molecule has 0 spiro atoms. The lowest BCUT2D eigenvalue weighted by molar-refractivity contribution is -0.119. The molecule has 1 amide bonds. The summed E-state index contributed by atoms with van der Waals surface area (Å²) in [6.07, 6.45) is 0. The number of benzene rings is 2. The summed E-state index contributed by atoms with van der Waals surface area (Å²) in [4.78, 5) is 23.4. The van der Waals surface area contributed by atoms with Gasteiger partial charge < -0.3 is 10.1 Å². The minimum absolute atomic E-state index is 0.0613. The Hall–Kier alpha value is -2.91. The third kappa shape index (κ3) is 4.53. The number of halogens is 2. The molecule has 0 saturated heterocycles. The van der Waals surface area contributed by atoms with Gasteiger partial charge in [0, 0.05) is 5.02 Å². The van der Waals surface area contributed by atoms with Crippen molar-refractivity contribution in [1.29, 1.82) is 5.26 Å². The molecule has 0 saturated carbocycles. The molecule has 0 atom stereocenters. The van der Waals surface area contributed by atoms with Crippen molar-refractivity contribution in [2.75, 3.05) is 11.9 Å². The van der Waals surface area contributed by atoms with Crippen LogP contribution in [0.1, 0.15) is 15.9 Å². The maximum atomic E-state index is 13.5. The molecule has 0 radical (unpaired) electrons. The zero-order valence-electron chi connectivity index (χ0n) is 11.7. The first-order chi connectivity index (χ1) is 11.0. The third-order valence-electron chi connectivity index (χ3n) is 2.79. The van der Waals surface area contributed by atoms with E-state index in [-0.39, 0.29) is 16.3 Å². The zero-order chi connectivity index (χ0) is 16.8. The van der Waals surface area contributed by atoms with Crippen LogP contribution in [0.25, 0.3) is 0 Å². The zero-order valence-corrected chi connectivity index (χ0v) is 12.4. The molecule has 23 heavy (non-hydrogen) atoms. The molecule has 116 valence electrons. The van der Waals surface area contributed by atoms with Crippen LogP contribution < -0.4 is 5.32 Å². The number of hydrogen-bond acceptors (Lipinski definition) is 4. The standard InChI is InChI=1S/C16H10ClFN2O3/c17-12-5-6-14(13(18)7-12)20-15(21)9-23-16(22)11-3-1-10(8-19)2-4-11/h1-7H,9H2,(H,20,21). The highest BCUT2D eigenvalue weighted by Crippen LogP contribution is 2.18. The number of esters is 1. The number of nitriles is 1. The normalized spacial score (nSPS) is 9.78. The molecule has 7 heteroatoms. The van der Waals surface area contributed by atoms with Crippen molar-refractivity contribution >= 4 is 29.2 Å². The second-order valence-electron chi connectivity index (χ2n) is 4.44. The Balaban J connectivity index is 1.90. The van der Waals surface area contributed by atoms with E-state index in [0.717, 1.165) is 6.07 Å². The number of ether oxygens (including phenoxy) is 1. The van der Waals surface area contributed by atoms with Crippen LogP contribution in [0.5, 0.6) is 0 Å². The van der Waals surface area contributed by atoms with Crippen molar-refractivity contribution in [1.82, 2.24) is 0 Å². The Kier molecular flexibility index (Phi) is 5.28. The first kappa shape index (κ1) is 16.5. The van der Waals surface area contributed by atoms with Crippen LogP contribution >= 0.6 is 11.6 Å². The molecule has 2 aromatic carbocycles. The molecule has 0 aliphatic heterocycles. The number of carbonyl (C=O) groups is 2. The number of amides is 1. The SMILES string of the molecule is N#Cc1ccc(C(=O)OCC(=O)Nc2ccc(Cl)cc2F)cc1. The molecular formula is C16H10ClFN2O3. The van der Waals surface area contributed by atoms with Gasteiger partial charge >= 0.3 is 5.97 Å². The van der Waals surface area contributed by atoms with E-state index in [4.69, 9.17) is 21.6 Å². The van der Waals surface area contributed by atoms with Crippen LogP contribution in [0.4, 0.5) is 10.1 Å². The largest absolute Gasteiger partial charge is 0.452 e. The summed E-state index contributed by atoms with van der Waals surface area (Å²) in [6, 6.07) is 11.4. The van der Waals surface area contributed by atoms with E-state index in [0.29, 0.717) is 5.56 Å². The van der Waals surface area contributed by atoms with Crippen LogP contribution in [0.3, 0.4) is 0 Å². The summed E-state index contributed by atoms with van der Waals surface area (Å²) in [5.41, 5.74) is 0.542. The van der Waals surface area contributed by atoms with Crippen molar-refractivity contribution in [2.24, 2.45) is 0 Å². The average Bonchev–Trinajstić information content (AvgIpc) is 2.55. The first-order valence-electron chi connectivity index (χ1n) is 6.42. The highest BCUT2D eigenvalue weighted by Gasteiger charge is 2.12. The van der Waals surface area contributed by atoms with Gasteiger partial charge in [0.15, 0.2) is 6.61 Å². The molecule has 0 aliphatic carbocycles. The van der Waals surface area contributed by atoms with Crippen LogP contribution in [0, 0.1) is 17.1 Å². The lowest BCUT2D eigenvalue weighted by Gasteiger charge is -2.07. The van der Waals surface area contributed by atoms with Crippen LogP contribution in [0.2, 0.25) is 5.02 Å². The summed E-state index contributed by atoms with van der Waals surface area (Å²) >= 11 is 5.60. The third-order valence-corrected chi connectivity index (χ3v) is 3.02. The molecule has 0 bridgehead atoms. The van der Waals surface area contributed by atoms with Gasteiger partial charge in [-0.05, 0) is 42.5 Å². The van der Waals surface area contributed by atoms with E-state index in [2.05, 4.69) is 5.32 Å². The van der Waals surface area contributed by atoms with Crippen molar-refractivity contribution < 1.29 is 18.7 Å². The van der Waals surface area contributed by atoms with Crippen molar-refractivity contribution in [2.45, 2.75) is 0 Å². The number of carbonyl (C=O) groups excluding carboxylic acids is 2. The topological polar surface area (TPSA) is 79.2 Å². The van der Waals surface area contributed by atoms with Crippen LogP contribution in [-0.2, 0) is 9.53 Å². The fourth-order valence-corrected chi connectivity index (χ4v) is 1.83. The van der Waals surface area contributed by atoms with E-state index in [1.165, 1.54) is 36.4 Å². The van der Waals surface area contributed by atoms with Gasteiger partial charge in [-0.1, -0.05) is 11.6 Å². The lowest BCUT2D eigenvalue weighted by atomic mass is 10.1. The maximum Gasteiger partial charge on any atom is 0.338 e. The van der Waals surface area contributed by atoms with Crippen molar-refractivity contribution in [3.05, 3.63) is 64.4 Å². The van der Waals surface area contributed by atoms with Gasteiger partial charge in [0.05, 0.1) is 22.9 Å². The van der Waals surface area contributed by atoms with Crippen LogP contribution in [-0.4, -0.2) is 18.5 Å². The Morgan fingerprint density at radius 1 is 1.22 bits per heavy atom. The molecule has 1 N–H and O–H groups in total. The van der Waals surface area contributed by atoms with Gasteiger partial charge in [0.2, 0.25) is 0 Å². The summed E-state index contributed by atoms with van der Waals surface area (Å²) in [5, 5.41) is 11.1. The van der Waals surface area contributed by atoms with E-state index < -0.39 is 24.3 Å². The summed E-state index contributed by atoms with van der Waals surface area (Å²) in [7, 11) is 0. The molecule has 5 nitrogen and oxygen atoms in total. The highest BCUT2D eigenvalue weighted by atomic mass is 35.5. The minimum Gasteiger partial charge on any atom is -0.452 e. The van der Waals surface area contributed by atoms with Gasteiger partial charge in [0.25, 0.3) is 5.91 Å². The summed E-state index contributed by atoms with van der Waals surface area (Å²) < 4.78 is 18.3. The van der Waals surface area contributed by atoms with Crippen molar-refractivity contribution in [3.63, 3.8) is 0 Å². The predicted octanol–water partition coefficient (Wildman–Crippen LogP) is 3.15. The molecule has 0 fully saturated rings. The number of nitrogens with zero attached hydrogens (tertiary/aromatic N) is 1. The predicted molar refractivity (Wildman–Crippen MR) is 81.5 cm³/mol. The van der Waals surface area contributed by atoms with E-state index in [1.807, 2.05) is 6.07 Å². The Labute approximate surface area is 136 Å². The van der Waals surface area contributed by atoms with E-state index in [1.54, 1.807) is 0 Å². The molecule has 2 aromatic rings. The Morgan fingerprint density at radius 2 is 1.91 bits per heavy atom. The Bertz CT molecular complexity index is 785. The first-order valence-corrected chi connectivity index (χ1v) is 6.79. The monoisotopic (exact) mass is 332 g/mol. The smallest absolute Gasteiger partial charge is 0.338 e. The van der Waals surface area contributed by atoms with Gasteiger partial charge in [-0.15, -0.1) is 0 Å². The number of anilines is 1. The molecule has 0 aliphatic rings. The molecule has 0 unspecified atom stereocenters.